The third kappa shape index (κ3) is 4.44. The van der Waals surface area contributed by atoms with Crippen LogP contribution in [0.4, 0.5) is 14.5 Å². The molecule has 3 heterocycles. The number of hydrogen-bond acceptors (Lipinski definition) is 6. The summed E-state index contributed by atoms with van der Waals surface area (Å²) in [6, 6.07) is 9.38. The van der Waals surface area contributed by atoms with Gasteiger partial charge in [-0.15, -0.1) is 0 Å². The summed E-state index contributed by atoms with van der Waals surface area (Å²) in [5.74, 6) is -2.51. The zero-order valence-corrected chi connectivity index (χ0v) is 18.9. The zero-order chi connectivity index (χ0) is 23.7. The van der Waals surface area contributed by atoms with E-state index in [9.17, 15) is 8.78 Å². The Morgan fingerprint density at radius 2 is 1.97 bits per heavy atom. The van der Waals surface area contributed by atoms with E-state index in [4.69, 9.17) is 10.7 Å². The Bertz CT molecular complexity index is 1260. The molecular weight excluding hydrogens is 436 g/mol. The molecule has 5 rings (SSSR count). The number of benzene rings is 2. The Hall–Kier alpha value is -3.56. The molecule has 0 aliphatic carbocycles. The van der Waals surface area contributed by atoms with Crippen molar-refractivity contribution in [2.75, 3.05) is 11.9 Å². The third-order valence-electron chi connectivity index (χ3n) is 6.04. The van der Waals surface area contributed by atoms with E-state index >= 15 is 0 Å². The van der Waals surface area contributed by atoms with Crippen molar-refractivity contribution in [2.45, 2.75) is 38.6 Å². The molecule has 0 saturated heterocycles. The lowest BCUT2D eigenvalue weighted by molar-refractivity contribution is 0.405. The topological polar surface area (TPSA) is 92.3 Å². The summed E-state index contributed by atoms with van der Waals surface area (Å²) >= 11 is 0. The molecule has 2 aliphatic rings. The van der Waals surface area contributed by atoms with Crippen LogP contribution >= 0.6 is 0 Å². The van der Waals surface area contributed by atoms with Crippen molar-refractivity contribution in [3.63, 3.8) is 0 Å². The largest absolute Gasteiger partial charge is 0.351 e. The molecule has 0 bridgehead atoms. The highest BCUT2D eigenvalue weighted by Gasteiger charge is 2.32. The van der Waals surface area contributed by atoms with Crippen molar-refractivity contribution in [3.05, 3.63) is 88.9 Å². The van der Waals surface area contributed by atoms with E-state index in [0.29, 0.717) is 5.84 Å². The Morgan fingerprint density at radius 3 is 2.76 bits per heavy atom. The Labute approximate surface area is 196 Å². The number of halogens is 2. The number of nitrogens with one attached hydrogen (secondary N) is 3. The number of aryl methyl sites for hydroxylation is 1. The summed E-state index contributed by atoms with van der Waals surface area (Å²) in [6.07, 6.45) is 7.36. The van der Waals surface area contributed by atoms with Crippen molar-refractivity contribution in [3.8, 4) is 0 Å². The van der Waals surface area contributed by atoms with Gasteiger partial charge in [-0.3, -0.25) is 10.4 Å². The number of fused-ring (bicyclic) bond motifs is 1. The molecule has 2 aromatic carbocycles. The van der Waals surface area contributed by atoms with Crippen molar-refractivity contribution in [2.24, 2.45) is 10.7 Å². The number of amidine groups is 1. The van der Waals surface area contributed by atoms with Crippen LogP contribution in [0.5, 0.6) is 0 Å². The molecule has 0 radical (unpaired) electrons. The molecule has 1 atom stereocenters. The maximum atomic E-state index is 14.0. The van der Waals surface area contributed by atoms with Crippen LogP contribution in [0.1, 0.15) is 35.6 Å². The van der Waals surface area contributed by atoms with Crippen LogP contribution in [-0.2, 0) is 25.3 Å². The quantitative estimate of drug-likeness (QED) is 0.465. The Balaban J connectivity index is 1.54. The number of aliphatic imine (C=N–C) groups is 1. The molecule has 9 heteroatoms. The first kappa shape index (κ1) is 22.2. The number of rotatable bonds is 5. The molecule has 176 valence electrons. The highest BCUT2D eigenvalue weighted by molar-refractivity contribution is 6.28. The van der Waals surface area contributed by atoms with Gasteiger partial charge in [0.25, 0.3) is 0 Å². The molecule has 2 aliphatic heterocycles. The minimum atomic E-state index is -1.55. The maximum absolute atomic E-state index is 14.0. The fourth-order valence-electron chi connectivity index (χ4n) is 4.31. The van der Waals surface area contributed by atoms with Crippen molar-refractivity contribution >= 4 is 17.1 Å². The molecule has 7 nitrogen and oxygen atoms in total. The Morgan fingerprint density at radius 1 is 1.15 bits per heavy atom. The van der Waals surface area contributed by atoms with Gasteiger partial charge in [0.15, 0.2) is 0 Å². The summed E-state index contributed by atoms with van der Waals surface area (Å²) < 4.78 is 29.8. The molecule has 5 N–H and O–H groups in total. The van der Waals surface area contributed by atoms with E-state index < -0.39 is 17.4 Å². The number of anilines is 1. The molecule has 0 spiro atoms. The van der Waals surface area contributed by atoms with Crippen molar-refractivity contribution in [1.29, 1.82) is 0 Å². The molecule has 0 fully saturated rings. The summed E-state index contributed by atoms with van der Waals surface area (Å²) in [6.45, 7) is 4.65. The second-order valence-corrected chi connectivity index (χ2v) is 8.61. The van der Waals surface area contributed by atoms with Gasteiger partial charge >= 0.3 is 0 Å². The smallest absolute Gasteiger partial charge is 0.211 e. The van der Waals surface area contributed by atoms with E-state index in [1.165, 1.54) is 23.3 Å². The number of nitrogens with zero attached hydrogens (tertiary/aromatic N) is 3. The highest BCUT2D eigenvalue weighted by Crippen LogP contribution is 2.29. The van der Waals surface area contributed by atoms with Crippen molar-refractivity contribution in [1.82, 2.24) is 20.4 Å². The van der Waals surface area contributed by atoms with Gasteiger partial charge in [0.1, 0.15) is 17.5 Å². The summed E-state index contributed by atoms with van der Waals surface area (Å²) in [7, 11) is 0. The molecule has 34 heavy (non-hydrogen) atoms. The minimum Gasteiger partial charge on any atom is -0.351 e. The normalized spacial score (nSPS) is 19.6. The van der Waals surface area contributed by atoms with Gasteiger partial charge in [0.05, 0.1) is 6.20 Å². The fourth-order valence-corrected chi connectivity index (χ4v) is 4.31. The summed E-state index contributed by atoms with van der Waals surface area (Å²) in [5.41, 5.74) is 11.7. The van der Waals surface area contributed by atoms with E-state index in [1.807, 2.05) is 16.9 Å². The van der Waals surface area contributed by atoms with Gasteiger partial charge in [-0.1, -0.05) is 13.0 Å². The lowest BCUT2D eigenvalue weighted by Crippen LogP contribution is -2.50. The molecule has 0 amide bonds. The van der Waals surface area contributed by atoms with Gasteiger partial charge in [0.2, 0.25) is 5.79 Å². The fraction of sp³-hybridized carbons (Fsp3) is 0.280. The molecule has 1 aromatic heterocycles. The van der Waals surface area contributed by atoms with Gasteiger partial charge in [-0.25, -0.2) is 13.8 Å². The van der Waals surface area contributed by atoms with Gasteiger partial charge < -0.3 is 16.0 Å². The molecule has 3 aromatic rings. The van der Waals surface area contributed by atoms with Gasteiger partial charge in [0, 0.05) is 53.9 Å². The van der Waals surface area contributed by atoms with Gasteiger partial charge in [-0.2, -0.15) is 5.10 Å². The standard InChI is InChI=1S/C25H27F2N7/c1-2-7-34-15-18(13-31-34)23-14-30-25(28,19-9-20(26)11-21(27)10-19)33-24(23)32-22-4-3-16-5-6-29-12-17(16)8-22/h3-4,8-11,13-15,29-30H,2,5-7,12,28H2,1H3,(H,32,33). The molecular formula is C25H27F2N7. The van der Waals surface area contributed by atoms with Crippen molar-refractivity contribution < 1.29 is 8.78 Å². The van der Waals surface area contributed by atoms with Crippen LogP contribution in [0.25, 0.3) is 5.57 Å². The monoisotopic (exact) mass is 463 g/mol. The number of aromatic nitrogens is 2. The molecule has 0 saturated carbocycles. The second-order valence-electron chi connectivity index (χ2n) is 8.61. The second kappa shape index (κ2) is 9.00. The van der Waals surface area contributed by atoms with Gasteiger partial charge in [-0.05, 0) is 54.8 Å². The van der Waals surface area contributed by atoms with E-state index in [1.54, 1.807) is 12.4 Å². The maximum Gasteiger partial charge on any atom is 0.211 e. The van der Waals surface area contributed by atoms with Crippen LogP contribution in [0.3, 0.4) is 0 Å². The molecule has 1 unspecified atom stereocenters. The van der Waals surface area contributed by atoms with E-state index in [0.717, 1.165) is 55.4 Å². The lowest BCUT2D eigenvalue weighted by atomic mass is 10.00. The average molecular weight is 464 g/mol. The van der Waals surface area contributed by atoms with Crippen LogP contribution in [0.2, 0.25) is 0 Å². The predicted molar refractivity (Wildman–Crippen MR) is 129 cm³/mol. The zero-order valence-electron chi connectivity index (χ0n) is 18.9. The van der Waals surface area contributed by atoms with Crippen LogP contribution in [0, 0.1) is 11.6 Å². The van der Waals surface area contributed by atoms with E-state index in [-0.39, 0.29) is 5.56 Å². The first-order chi connectivity index (χ1) is 16.4. The minimum absolute atomic E-state index is 0.177. The van der Waals surface area contributed by atoms with Crippen LogP contribution in [-0.4, -0.2) is 22.2 Å². The predicted octanol–water partition coefficient (Wildman–Crippen LogP) is 3.44. The highest BCUT2D eigenvalue weighted by atomic mass is 19.1. The number of hydrogen-bond donors (Lipinski definition) is 4. The Kier molecular flexibility index (Phi) is 5.89. The third-order valence-corrected chi connectivity index (χ3v) is 6.04. The lowest BCUT2D eigenvalue weighted by Gasteiger charge is -2.32. The number of nitrogens with two attached hydrogens (primary N) is 1. The first-order valence-electron chi connectivity index (χ1n) is 11.4. The van der Waals surface area contributed by atoms with Crippen LogP contribution < -0.4 is 21.7 Å². The summed E-state index contributed by atoms with van der Waals surface area (Å²) in [4.78, 5) is 4.70. The SMILES string of the molecule is CCCn1cc(C2=CNC(N)(c3cc(F)cc(F)c3)N=C2Nc2ccc3c(c2)CNCC3)cn1. The first-order valence-corrected chi connectivity index (χ1v) is 11.4. The van der Waals surface area contributed by atoms with Crippen LogP contribution in [0.15, 0.2) is 60.0 Å². The summed E-state index contributed by atoms with van der Waals surface area (Å²) in [5, 5.41) is 14.2. The van der Waals surface area contributed by atoms with E-state index in [2.05, 4.69) is 40.1 Å². The average Bonchev–Trinajstić information content (AvgIpc) is 3.27.